The van der Waals surface area contributed by atoms with Gasteiger partial charge in [0.25, 0.3) is 11.5 Å². The van der Waals surface area contributed by atoms with E-state index in [1.807, 2.05) is 6.92 Å². The molecule has 1 aromatic rings. The monoisotopic (exact) mass is 291 g/mol. The minimum atomic E-state index is -0.503. The second-order valence-corrected chi connectivity index (χ2v) is 5.49. The van der Waals surface area contributed by atoms with Crippen molar-refractivity contribution >= 4 is 5.91 Å². The van der Waals surface area contributed by atoms with Crippen LogP contribution in [-0.2, 0) is 14.1 Å². The number of nitrogens with zero attached hydrogens (tertiary/aromatic N) is 2. The van der Waals surface area contributed by atoms with Gasteiger partial charge < -0.3 is 5.32 Å². The van der Waals surface area contributed by atoms with Crippen LogP contribution in [0.4, 0.5) is 0 Å². The summed E-state index contributed by atoms with van der Waals surface area (Å²) in [5, 5.41) is 2.87. The van der Waals surface area contributed by atoms with Gasteiger partial charge in [0.2, 0.25) is 0 Å². The highest BCUT2D eigenvalue weighted by molar-refractivity contribution is 5.92. The van der Waals surface area contributed by atoms with E-state index in [1.165, 1.54) is 36.7 Å². The molecule has 0 aromatic carbocycles. The predicted octanol–water partition coefficient (Wildman–Crippen LogP) is 0.703. The average Bonchev–Trinajstić information content (AvgIpc) is 2.49. The summed E-state index contributed by atoms with van der Waals surface area (Å²) in [5.74, 6) is -0.397. The van der Waals surface area contributed by atoms with E-state index in [-0.39, 0.29) is 11.7 Å². The fourth-order valence-electron chi connectivity index (χ4n) is 2.57. The van der Waals surface area contributed by atoms with Gasteiger partial charge in [-0.1, -0.05) is 11.6 Å². The fourth-order valence-corrected chi connectivity index (χ4v) is 2.57. The van der Waals surface area contributed by atoms with Crippen LogP contribution in [0.2, 0.25) is 0 Å². The number of hydrogen-bond donors (Lipinski definition) is 1. The van der Waals surface area contributed by atoms with Crippen molar-refractivity contribution in [2.24, 2.45) is 14.1 Å². The van der Waals surface area contributed by atoms with Gasteiger partial charge in [-0.15, -0.1) is 0 Å². The van der Waals surface area contributed by atoms with Gasteiger partial charge in [0.05, 0.1) is 0 Å². The predicted molar refractivity (Wildman–Crippen MR) is 80.4 cm³/mol. The van der Waals surface area contributed by atoms with E-state index >= 15 is 0 Å². The van der Waals surface area contributed by atoms with Crippen molar-refractivity contribution in [3.63, 3.8) is 0 Å². The number of allylic oxidation sites excluding steroid dienone is 1. The molecule has 21 heavy (non-hydrogen) atoms. The van der Waals surface area contributed by atoms with Gasteiger partial charge in [0.1, 0.15) is 5.69 Å². The number of nitrogens with one attached hydrogen (secondary N) is 1. The summed E-state index contributed by atoms with van der Waals surface area (Å²) in [6.45, 7) is 1.92. The molecule has 0 aliphatic heterocycles. The van der Waals surface area contributed by atoms with Crippen molar-refractivity contribution in [3.8, 4) is 0 Å². The Labute approximate surface area is 123 Å². The first kappa shape index (κ1) is 15.3. The Hall–Kier alpha value is -2.11. The number of carbonyl (C=O) groups is 1. The second-order valence-electron chi connectivity index (χ2n) is 5.49. The van der Waals surface area contributed by atoms with Crippen LogP contribution >= 0.6 is 0 Å². The third-order valence-corrected chi connectivity index (χ3v) is 3.99. The summed E-state index contributed by atoms with van der Waals surface area (Å²) in [5.41, 5.74) is 0.319. The third-order valence-electron chi connectivity index (χ3n) is 3.99. The van der Waals surface area contributed by atoms with E-state index < -0.39 is 17.2 Å². The quantitative estimate of drug-likeness (QED) is 0.833. The average molecular weight is 291 g/mol. The van der Waals surface area contributed by atoms with Crippen LogP contribution in [0.3, 0.4) is 0 Å². The maximum absolute atomic E-state index is 12.3. The van der Waals surface area contributed by atoms with Crippen molar-refractivity contribution in [3.05, 3.63) is 44.2 Å². The van der Waals surface area contributed by atoms with Gasteiger partial charge >= 0.3 is 5.69 Å². The Morgan fingerprint density at radius 1 is 1.24 bits per heavy atom. The van der Waals surface area contributed by atoms with E-state index in [2.05, 4.69) is 11.4 Å². The normalized spacial score (nSPS) is 16.2. The molecule has 0 spiro atoms. The molecule has 6 heteroatoms. The molecule has 1 heterocycles. The second kappa shape index (κ2) is 6.11. The fraction of sp³-hybridized carbons (Fsp3) is 0.533. The first-order valence-electron chi connectivity index (χ1n) is 7.18. The lowest BCUT2D eigenvalue weighted by Crippen LogP contribution is -2.43. The van der Waals surface area contributed by atoms with Crippen LogP contribution in [0.15, 0.2) is 27.3 Å². The molecule has 0 saturated carbocycles. The highest BCUT2D eigenvalue weighted by atomic mass is 16.2. The third kappa shape index (κ3) is 3.15. The van der Waals surface area contributed by atoms with Crippen molar-refractivity contribution in [1.82, 2.24) is 14.5 Å². The van der Waals surface area contributed by atoms with E-state index in [0.29, 0.717) is 0 Å². The topological polar surface area (TPSA) is 73.1 Å². The molecule has 0 saturated heterocycles. The molecule has 1 N–H and O–H groups in total. The van der Waals surface area contributed by atoms with E-state index in [1.54, 1.807) is 0 Å². The van der Waals surface area contributed by atoms with Crippen LogP contribution < -0.4 is 16.6 Å². The van der Waals surface area contributed by atoms with E-state index in [9.17, 15) is 14.4 Å². The molecule has 114 valence electrons. The van der Waals surface area contributed by atoms with E-state index in [0.717, 1.165) is 23.8 Å². The van der Waals surface area contributed by atoms with Gasteiger partial charge in [-0.05, 0) is 32.6 Å². The molecule has 0 bridgehead atoms. The van der Waals surface area contributed by atoms with Gasteiger partial charge in [-0.2, -0.15) is 0 Å². The zero-order valence-electron chi connectivity index (χ0n) is 12.7. The minimum Gasteiger partial charge on any atom is -0.345 e. The van der Waals surface area contributed by atoms with Gasteiger partial charge in [-0.3, -0.25) is 18.7 Å². The summed E-state index contributed by atoms with van der Waals surface area (Å²) < 4.78 is 2.17. The summed E-state index contributed by atoms with van der Waals surface area (Å²) in [6.07, 6.45) is 6.51. The SMILES string of the molecule is C[C@@H](NC(=O)c1cc(=O)n(C)c(=O)n1C)C1=CCCCC1. The lowest BCUT2D eigenvalue weighted by atomic mass is 9.95. The number of rotatable bonds is 3. The van der Waals surface area contributed by atoms with Crippen LogP contribution in [0.1, 0.15) is 43.1 Å². The molecule has 2 rings (SSSR count). The molecule has 0 fully saturated rings. The van der Waals surface area contributed by atoms with Crippen LogP contribution in [0.5, 0.6) is 0 Å². The highest BCUT2D eigenvalue weighted by Gasteiger charge is 2.18. The number of carbonyl (C=O) groups excluding carboxylic acids is 1. The molecule has 0 radical (unpaired) electrons. The smallest absolute Gasteiger partial charge is 0.331 e. The molecule has 6 nitrogen and oxygen atoms in total. The molecular weight excluding hydrogens is 270 g/mol. The summed E-state index contributed by atoms with van der Waals surface area (Å²) in [4.78, 5) is 35.8. The zero-order chi connectivity index (χ0) is 15.6. The molecule has 1 aromatic heterocycles. The van der Waals surface area contributed by atoms with E-state index in [4.69, 9.17) is 0 Å². The van der Waals surface area contributed by atoms with Crippen LogP contribution in [0, 0.1) is 0 Å². The van der Waals surface area contributed by atoms with Gasteiger partial charge in [0, 0.05) is 26.2 Å². The zero-order valence-corrected chi connectivity index (χ0v) is 12.7. The number of aromatic nitrogens is 2. The van der Waals surface area contributed by atoms with Crippen molar-refractivity contribution < 1.29 is 4.79 Å². The molecular formula is C15H21N3O3. The Morgan fingerprint density at radius 2 is 1.95 bits per heavy atom. The van der Waals surface area contributed by atoms with Crippen molar-refractivity contribution in [1.29, 1.82) is 0 Å². The Bertz CT molecular complexity index is 697. The molecule has 1 aliphatic carbocycles. The number of hydrogen-bond acceptors (Lipinski definition) is 3. The first-order chi connectivity index (χ1) is 9.91. The standard InChI is InChI=1S/C15H21N3O3/c1-10(11-7-5-4-6-8-11)16-14(20)12-9-13(19)18(3)15(21)17(12)2/h7,9-10H,4-6,8H2,1-3H3,(H,16,20)/t10-/m1/s1. The molecule has 0 unspecified atom stereocenters. The van der Waals surface area contributed by atoms with Gasteiger partial charge in [-0.25, -0.2) is 4.79 Å². The number of amides is 1. The van der Waals surface area contributed by atoms with Crippen LogP contribution in [-0.4, -0.2) is 21.1 Å². The summed E-state index contributed by atoms with van der Waals surface area (Å²) in [7, 11) is 2.88. The Morgan fingerprint density at radius 3 is 2.57 bits per heavy atom. The van der Waals surface area contributed by atoms with Crippen molar-refractivity contribution in [2.45, 2.75) is 38.6 Å². The molecule has 1 amide bonds. The minimum absolute atomic E-state index is 0.0861. The van der Waals surface area contributed by atoms with Crippen molar-refractivity contribution in [2.75, 3.05) is 0 Å². The maximum Gasteiger partial charge on any atom is 0.331 e. The van der Waals surface area contributed by atoms with Crippen LogP contribution in [0.25, 0.3) is 0 Å². The lowest BCUT2D eigenvalue weighted by Gasteiger charge is -2.21. The first-order valence-corrected chi connectivity index (χ1v) is 7.18. The molecule has 1 aliphatic rings. The largest absolute Gasteiger partial charge is 0.345 e. The maximum atomic E-state index is 12.3. The summed E-state index contributed by atoms with van der Waals surface area (Å²) in [6, 6.07) is 1.11. The molecule has 1 atom stereocenters. The Balaban J connectivity index is 2.23. The highest BCUT2D eigenvalue weighted by Crippen LogP contribution is 2.20. The summed E-state index contributed by atoms with van der Waals surface area (Å²) >= 11 is 0. The van der Waals surface area contributed by atoms with Gasteiger partial charge in [0.15, 0.2) is 0 Å². The Kier molecular flexibility index (Phi) is 4.45. The lowest BCUT2D eigenvalue weighted by molar-refractivity contribution is 0.0934.